The molecule has 0 aliphatic carbocycles. The first-order valence-electron chi connectivity index (χ1n) is 8.26. The van der Waals surface area contributed by atoms with E-state index in [4.69, 9.17) is 4.74 Å². The summed E-state index contributed by atoms with van der Waals surface area (Å²) in [5.41, 5.74) is 2.62. The smallest absolute Gasteiger partial charge is 0.251 e. The Morgan fingerprint density at radius 2 is 1.81 bits per heavy atom. The predicted molar refractivity (Wildman–Crippen MR) is 103 cm³/mol. The Morgan fingerprint density at radius 3 is 2.31 bits per heavy atom. The molecule has 26 heavy (non-hydrogen) atoms. The van der Waals surface area contributed by atoms with Crippen molar-refractivity contribution in [1.29, 1.82) is 0 Å². The van der Waals surface area contributed by atoms with Gasteiger partial charge in [0.1, 0.15) is 5.75 Å². The molecule has 0 spiro atoms. The summed E-state index contributed by atoms with van der Waals surface area (Å²) in [6.07, 6.45) is 1.83. The number of anilines is 1. The highest BCUT2D eigenvalue weighted by Crippen LogP contribution is 2.22. The van der Waals surface area contributed by atoms with Crippen molar-refractivity contribution in [2.45, 2.75) is 26.3 Å². The molecule has 0 bridgehead atoms. The fourth-order valence-electron chi connectivity index (χ4n) is 2.62. The lowest BCUT2D eigenvalue weighted by Crippen LogP contribution is -2.28. The van der Waals surface area contributed by atoms with Crippen molar-refractivity contribution in [3.05, 3.63) is 59.2 Å². The molecule has 0 heterocycles. The third-order valence-corrected chi connectivity index (χ3v) is 4.61. The van der Waals surface area contributed by atoms with Crippen molar-refractivity contribution < 1.29 is 17.9 Å². The van der Waals surface area contributed by atoms with Crippen LogP contribution in [0.3, 0.4) is 0 Å². The van der Waals surface area contributed by atoms with Crippen LogP contribution in [0, 0.1) is 6.92 Å². The van der Waals surface area contributed by atoms with E-state index in [2.05, 4.69) is 10.0 Å². The lowest BCUT2D eigenvalue weighted by molar-refractivity contribution is 0.0935. The van der Waals surface area contributed by atoms with E-state index < -0.39 is 10.0 Å². The van der Waals surface area contributed by atoms with Crippen LogP contribution in [0.1, 0.15) is 40.9 Å². The molecular formula is C19H24N2O4S. The minimum Gasteiger partial charge on any atom is -0.497 e. The first kappa shape index (κ1) is 19.8. The summed E-state index contributed by atoms with van der Waals surface area (Å²) in [5.74, 6) is 0.557. The highest BCUT2D eigenvalue weighted by Gasteiger charge is 2.15. The van der Waals surface area contributed by atoms with Gasteiger partial charge in [0.2, 0.25) is 10.0 Å². The molecule has 0 saturated heterocycles. The molecule has 2 N–H and O–H groups in total. The van der Waals surface area contributed by atoms with E-state index in [1.165, 1.54) is 0 Å². The van der Waals surface area contributed by atoms with Crippen molar-refractivity contribution >= 4 is 21.6 Å². The molecule has 0 saturated carbocycles. The minimum absolute atomic E-state index is 0.123. The number of hydrogen-bond acceptors (Lipinski definition) is 4. The number of nitrogens with one attached hydrogen (secondary N) is 2. The second-order valence-corrected chi connectivity index (χ2v) is 7.86. The van der Waals surface area contributed by atoms with Gasteiger partial charge in [-0.05, 0) is 54.8 Å². The fraction of sp³-hybridized carbons (Fsp3) is 0.316. The lowest BCUT2D eigenvalue weighted by Gasteiger charge is -2.18. The first-order chi connectivity index (χ1) is 12.2. The average Bonchev–Trinajstić information content (AvgIpc) is 2.60. The molecule has 2 rings (SSSR count). The molecule has 1 amide bonds. The molecule has 6 nitrogen and oxygen atoms in total. The van der Waals surface area contributed by atoms with Gasteiger partial charge in [-0.25, -0.2) is 8.42 Å². The van der Waals surface area contributed by atoms with Crippen molar-refractivity contribution in [3.63, 3.8) is 0 Å². The first-order valence-corrected chi connectivity index (χ1v) is 10.2. The van der Waals surface area contributed by atoms with Crippen LogP contribution in [0.25, 0.3) is 0 Å². The number of sulfonamides is 1. The Labute approximate surface area is 154 Å². The molecular weight excluding hydrogens is 352 g/mol. The molecule has 0 fully saturated rings. The zero-order valence-electron chi connectivity index (χ0n) is 15.4. The lowest BCUT2D eigenvalue weighted by atomic mass is 10.0. The summed E-state index contributed by atoms with van der Waals surface area (Å²) in [7, 11) is -1.75. The van der Waals surface area contributed by atoms with Crippen LogP contribution in [0.2, 0.25) is 0 Å². The third kappa shape index (κ3) is 5.23. The van der Waals surface area contributed by atoms with E-state index in [1.807, 2.05) is 31.2 Å². The highest BCUT2D eigenvalue weighted by atomic mass is 32.2. The zero-order chi connectivity index (χ0) is 19.3. The number of methoxy groups -OCH3 is 1. The largest absolute Gasteiger partial charge is 0.497 e. The Morgan fingerprint density at radius 1 is 1.15 bits per heavy atom. The quantitative estimate of drug-likeness (QED) is 0.777. The molecule has 140 valence electrons. The summed E-state index contributed by atoms with van der Waals surface area (Å²) in [6, 6.07) is 12.3. The van der Waals surface area contributed by atoms with Gasteiger partial charge < -0.3 is 10.1 Å². The Kier molecular flexibility index (Phi) is 6.26. The maximum atomic E-state index is 12.6. The zero-order valence-corrected chi connectivity index (χ0v) is 16.2. The molecule has 0 aromatic heterocycles. The van der Waals surface area contributed by atoms with Gasteiger partial charge in [-0.2, -0.15) is 0 Å². The van der Waals surface area contributed by atoms with Crippen LogP contribution in [0.5, 0.6) is 5.75 Å². The van der Waals surface area contributed by atoms with E-state index in [0.717, 1.165) is 24.0 Å². The van der Waals surface area contributed by atoms with Gasteiger partial charge in [0.05, 0.1) is 25.1 Å². The number of ether oxygens (including phenoxy) is 1. The average molecular weight is 376 g/mol. The number of rotatable bonds is 7. The van der Waals surface area contributed by atoms with E-state index in [9.17, 15) is 13.2 Å². The Hall–Kier alpha value is -2.54. The fourth-order valence-corrected chi connectivity index (χ4v) is 3.25. The standard InChI is InChI=1S/C19H24N2O4S/c1-5-17(14-6-9-16(25-3)10-7-14)20-19(22)15-8-11-18(13(2)12-15)21-26(4,23)24/h6-12,17,21H,5H2,1-4H3,(H,20,22)/t17-/m0/s1. The summed E-state index contributed by atoms with van der Waals surface area (Å²) >= 11 is 0. The maximum Gasteiger partial charge on any atom is 0.251 e. The number of amides is 1. The van der Waals surface area contributed by atoms with Crippen LogP contribution in [0.15, 0.2) is 42.5 Å². The molecule has 0 aliphatic rings. The number of hydrogen-bond donors (Lipinski definition) is 2. The van der Waals surface area contributed by atoms with Crippen molar-refractivity contribution in [2.24, 2.45) is 0 Å². The van der Waals surface area contributed by atoms with Gasteiger partial charge in [-0.15, -0.1) is 0 Å². The predicted octanol–water partition coefficient (Wildman–Crippen LogP) is 3.26. The SMILES string of the molecule is CC[C@H](NC(=O)c1ccc(NS(C)(=O)=O)c(C)c1)c1ccc(OC)cc1. The van der Waals surface area contributed by atoms with Gasteiger partial charge in [0.25, 0.3) is 5.91 Å². The maximum absolute atomic E-state index is 12.6. The van der Waals surface area contributed by atoms with Crippen molar-refractivity contribution in [3.8, 4) is 5.75 Å². The monoisotopic (exact) mass is 376 g/mol. The third-order valence-electron chi connectivity index (χ3n) is 4.02. The van der Waals surface area contributed by atoms with Crippen molar-refractivity contribution in [2.75, 3.05) is 18.1 Å². The molecule has 2 aromatic rings. The van der Waals surface area contributed by atoms with Crippen LogP contribution < -0.4 is 14.8 Å². The van der Waals surface area contributed by atoms with Crippen LogP contribution in [0.4, 0.5) is 5.69 Å². The molecule has 0 aliphatic heterocycles. The molecule has 0 radical (unpaired) electrons. The van der Waals surface area contributed by atoms with E-state index in [0.29, 0.717) is 16.8 Å². The van der Waals surface area contributed by atoms with Crippen LogP contribution in [-0.4, -0.2) is 27.7 Å². The number of aryl methyl sites for hydroxylation is 1. The minimum atomic E-state index is -3.36. The summed E-state index contributed by atoms with van der Waals surface area (Å²) in [6.45, 7) is 3.75. The number of benzene rings is 2. The van der Waals surface area contributed by atoms with Crippen LogP contribution in [-0.2, 0) is 10.0 Å². The highest BCUT2D eigenvalue weighted by molar-refractivity contribution is 7.92. The van der Waals surface area contributed by atoms with E-state index in [1.54, 1.807) is 32.2 Å². The van der Waals surface area contributed by atoms with E-state index in [-0.39, 0.29) is 11.9 Å². The van der Waals surface area contributed by atoms with Gasteiger partial charge in [-0.1, -0.05) is 19.1 Å². The molecule has 1 atom stereocenters. The molecule has 2 aromatic carbocycles. The van der Waals surface area contributed by atoms with Crippen molar-refractivity contribution in [1.82, 2.24) is 5.32 Å². The van der Waals surface area contributed by atoms with Gasteiger partial charge in [0.15, 0.2) is 0 Å². The second-order valence-electron chi connectivity index (χ2n) is 6.11. The Balaban J connectivity index is 2.15. The molecule has 0 unspecified atom stereocenters. The number of carbonyl (C=O) groups excluding carboxylic acids is 1. The van der Waals surface area contributed by atoms with Gasteiger partial charge in [-0.3, -0.25) is 9.52 Å². The van der Waals surface area contributed by atoms with Gasteiger partial charge in [0, 0.05) is 5.56 Å². The summed E-state index contributed by atoms with van der Waals surface area (Å²) in [4.78, 5) is 12.6. The van der Waals surface area contributed by atoms with Crippen LogP contribution >= 0.6 is 0 Å². The molecule has 7 heteroatoms. The van der Waals surface area contributed by atoms with Gasteiger partial charge >= 0.3 is 0 Å². The van der Waals surface area contributed by atoms with E-state index >= 15 is 0 Å². The summed E-state index contributed by atoms with van der Waals surface area (Å²) in [5, 5.41) is 3.01. The normalized spacial score (nSPS) is 12.3. The topological polar surface area (TPSA) is 84.5 Å². The Bertz CT molecular complexity index is 877. The second kappa shape index (κ2) is 8.23. The number of carbonyl (C=O) groups is 1. The summed E-state index contributed by atoms with van der Waals surface area (Å²) < 4.78 is 30.3.